The molecule has 0 radical (unpaired) electrons. The highest BCUT2D eigenvalue weighted by atomic mass is 14.2. The summed E-state index contributed by atoms with van der Waals surface area (Å²) in [4.78, 5) is 0. The molecule has 5 aromatic carbocycles. The Balaban J connectivity index is 1.80. The smallest absolute Gasteiger partial charge is 0.00206 e. The van der Waals surface area contributed by atoms with Gasteiger partial charge in [-0.05, 0) is 73.0 Å². The van der Waals surface area contributed by atoms with Crippen LogP contribution in [0.3, 0.4) is 0 Å². The molecule has 0 unspecified atom stereocenters. The Labute approximate surface area is 178 Å². The molecule has 0 aliphatic heterocycles. The van der Waals surface area contributed by atoms with Crippen LogP contribution < -0.4 is 0 Å². The van der Waals surface area contributed by atoms with Gasteiger partial charge >= 0.3 is 0 Å². The molecule has 0 bridgehead atoms. The van der Waals surface area contributed by atoms with Crippen LogP contribution in [-0.4, -0.2) is 0 Å². The highest BCUT2D eigenvalue weighted by Crippen LogP contribution is 2.40. The summed E-state index contributed by atoms with van der Waals surface area (Å²) < 4.78 is 0. The minimum Gasteiger partial charge on any atom is -0.0991 e. The van der Waals surface area contributed by atoms with Crippen molar-refractivity contribution in [3.63, 3.8) is 0 Å². The topological polar surface area (TPSA) is 0 Å². The summed E-state index contributed by atoms with van der Waals surface area (Å²) in [6, 6.07) is 27.1. The van der Waals surface area contributed by atoms with Gasteiger partial charge in [0.15, 0.2) is 0 Å². The lowest BCUT2D eigenvalue weighted by atomic mass is 9.86. The largest absolute Gasteiger partial charge is 0.0991 e. The maximum absolute atomic E-state index is 3.86. The molecule has 5 aromatic rings. The number of hydrogen-bond donors (Lipinski definition) is 0. The Hall–Kier alpha value is -3.38. The molecule has 0 aliphatic carbocycles. The molecule has 0 spiro atoms. The van der Waals surface area contributed by atoms with Crippen molar-refractivity contribution in [2.75, 3.05) is 0 Å². The fourth-order valence-electron chi connectivity index (χ4n) is 4.82. The molecule has 0 saturated carbocycles. The van der Waals surface area contributed by atoms with Gasteiger partial charge in [0.25, 0.3) is 0 Å². The Morgan fingerprint density at radius 1 is 0.800 bits per heavy atom. The predicted octanol–water partition coefficient (Wildman–Crippen LogP) is 8.96. The molecule has 0 atom stereocenters. The van der Waals surface area contributed by atoms with Crippen LogP contribution in [0.5, 0.6) is 0 Å². The van der Waals surface area contributed by atoms with Gasteiger partial charge in [-0.15, -0.1) is 0 Å². The standard InChI is InChI=1S/C30H26/c1-5-7-20(4)25-15-14-24(18-28(25)19(2)3)26-16-12-23-11-10-21-8-6-9-22-13-17-27(26)30(23)29(21)22/h5-19H,1H2,2-4H3/b20-7+. The van der Waals surface area contributed by atoms with E-state index in [0.717, 1.165) is 0 Å². The SMILES string of the molecule is C=C/C=C(\C)c1ccc(-c2ccc3ccc4cccc5ccc2c3c45)cc1C(C)C. The molecule has 0 aromatic heterocycles. The first-order valence-corrected chi connectivity index (χ1v) is 10.7. The summed E-state index contributed by atoms with van der Waals surface area (Å²) >= 11 is 0. The third kappa shape index (κ3) is 2.83. The molecule has 0 heterocycles. The van der Waals surface area contributed by atoms with Crippen molar-refractivity contribution in [1.29, 1.82) is 0 Å². The second-order valence-electron chi connectivity index (χ2n) is 8.51. The van der Waals surface area contributed by atoms with E-state index < -0.39 is 0 Å². The molecule has 5 rings (SSSR count). The molecular formula is C30H26. The highest BCUT2D eigenvalue weighted by molar-refractivity contribution is 6.25. The van der Waals surface area contributed by atoms with E-state index in [2.05, 4.69) is 106 Å². The highest BCUT2D eigenvalue weighted by Gasteiger charge is 2.14. The lowest BCUT2D eigenvalue weighted by Gasteiger charge is -2.18. The van der Waals surface area contributed by atoms with E-state index in [9.17, 15) is 0 Å². The van der Waals surface area contributed by atoms with E-state index in [4.69, 9.17) is 0 Å². The van der Waals surface area contributed by atoms with Gasteiger partial charge in [0.2, 0.25) is 0 Å². The number of benzene rings is 5. The van der Waals surface area contributed by atoms with Crippen molar-refractivity contribution in [2.24, 2.45) is 0 Å². The average molecular weight is 387 g/mol. The number of allylic oxidation sites excluding steroid dienone is 3. The molecule has 30 heavy (non-hydrogen) atoms. The lowest BCUT2D eigenvalue weighted by molar-refractivity contribution is 0.863. The van der Waals surface area contributed by atoms with Crippen LogP contribution in [0.1, 0.15) is 37.8 Å². The van der Waals surface area contributed by atoms with Gasteiger partial charge in [-0.1, -0.05) is 105 Å². The van der Waals surface area contributed by atoms with Crippen LogP contribution in [-0.2, 0) is 0 Å². The van der Waals surface area contributed by atoms with Gasteiger partial charge < -0.3 is 0 Å². The van der Waals surface area contributed by atoms with Crippen LogP contribution in [0, 0.1) is 0 Å². The summed E-state index contributed by atoms with van der Waals surface area (Å²) in [5.41, 5.74) is 6.54. The van der Waals surface area contributed by atoms with Crippen molar-refractivity contribution in [3.8, 4) is 11.1 Å². The van der Waals surface area contributed by atoms with Crippen LogP contribution >= 0.6 is 0 Å². The first kappa shape index (κ1) is 18.6. The Bertz CT molecular complexity index is 1410. The van der Waals surface area contributed by atoms with Gasteiger partial charge in [0, 0.05) is 0 Å². The molecule has 0 heteroatoms. The van der Waals surface area contributed by atoms with Gasteiger partial charge in [-0.3, -0.25) is 0 Å². The lowest BCUT2D eigenvalue weighted by Crippen LogP contribution is -1.96. The van der Waals surface area contributed by atoms with Crippen molar-refractivity contribution in [2.45, 2.75) is 26.7 Å². The summed E-state index contributed by atoms with van der Waals surface area (Å²) in [6.07, 6.45) is 3.96. The predicted molar refractivity (Wildman–Crippen MR) is 134 cm³/mol. The Kier molecular flexibility index (Phi) is 4.44. The van der Waals surface area contributed by atoms with E-state index in [-0.39, 0.29) is 0 Å². The average Bonchev–Trinajstić information content (AvgIpc) is 2.77. The third-order valence-electron chi connectivity index (χ3n) is 6.31. The fraction of sp³-hybridized carbons (Fsp3) is 0.133. The van der Waals surface area contributed by atoms with Crippen LogP contribution in [0.25, 0.3) is 49.0 Å². The molecule has 0 nitrogen and oxygen atoms in total. The number of hydrogen-bond acceptors (Lipinski definition) is 0. The zero-order chi connectivity index (χ0) is 20.8. The third-order valence-corrected chi connectivity index (χ3v) is 6.31. The van der Waals surface area contributed by atoms with Gasteiger partial charge in [-0.2, -0.15) is 0 Å². The van der Waals surface area contributed by atoms with Gasteiger partial charge in [0.05, 0.1) is 0 Å². The summed E-state index contributed by atoms with van der Waals surface area (Å²) in [5, 5.41) is 8.01. The van der Waals surface area contributed by atoms with E-state index in [1.54, 1.807) is 0 Å². The molecule has 0 aliphatic rings. The zero-order valence-corrected chi connectivity index (χ0v) is 17.9. The quantitative estimate of drug-likeness (QED) is 0.213. The minimum absolute atomic E-state index is 0.452. The molecular weight excluding hydrogens is 360 g/mol. The van der Waals surface area contributed by atoms with Crippen molar-refractivity contribution in [1.82, 2.24) is 0 Å². The molecule has 0 saturated heterocycles. The van der Waals surface area contributed by atoms with Crippen molar-refractivity contribution >= 4 is 37.9 Å². The number of rotatable bonds is 4. The van der Waals surface area contributed by atoms with E-state index in [1.165, 1.54) is 60.1 Å². The van der Waals surface area contributed by atoms with Crippen molar-refractivity contribution in [3.05, 3.63) is 103 Å². The fourth-order valence-corrected chi connectivity index (χ4v) is 4.82. The molecule has 0 fully saturated rings. The van der Waals surface area contributed by atoms with Crippen LogP contribution in [0.2, 0.25) is 0 Å². The Morgan fingerprint density at radius 2 is 1.47 bits per heavy atom. The summed E-state index contributed by atoms with van der Waals surface area (Å²) in [6.45, 7) is 10.6. The van der Waals surface area contributed by atoms with E-state index in [0.29, 0.717) is 5.92 Å². The molecule has 146 valence electrons. The van der Waals surface area contributed by atoms with E-state index >= 15 is 0 Å². The van der Waals surface area contributed by atoms with Gasteiger partial charge in [0.1, 0.15) is 0 Å². The van der Waals surface area contributed by atoms with Gasteiger partial charge in [-0.25, -0.2) is 0 Å². The summed E-state index contributed by atoms with van der Waals surface area (Å²) in [7, 11) is 0. The second-order valence-corrected chi connectivity index (χ2v) is 8.51. The first-order chi connectivity index (χ1) is 14.6. The molecule has 0 amide bonds. The maximum atomic E-state index is 3.86. The zero-order valence-electron chi connectivity index (χ0n) is 17.9. The molecule has 0 N–H and O–H groups in total. The van der Waals surface area contributed by atoms with Crippen LogP contribution in [0.15, 0.2) is 91.5 Å². The minimum atomic E-state index is 0.452. The summed E-state index contributed by atoms with van der Waals surface area (Å²) in [5.74, 6) is 0.452. The maximum Gasteiger partial charge on any atom is -0.00206 e. The second kappa shape index (κ2) is 7.15. The van der Waals surface area contributed by atoms with E-state index in [1.807, 2.05) is 6.08 Å². The van der Waals surface area contributed by atoms with Crippen molar-refractivity contribution < 1.29 is 0 Å². The first-order valence-electron chi connectivity index (χ1n) is 10.7. The van der Waals surface area contributed by atoms with Crippen LogP contribution in [0.4, 0.5) is 0 Å². The normalized spacial score (nSPS) is 12.5. The monoisotopic (exact) mass is 386 g/mol. The Morgan fingerprint density at radius 3 is 2.17 bits per heavy atom.